The molecule has 0 amide bonds. The molecule has 0 saturated carbocycles. The molecule has 0 heterocycles. The number of benzene rings is 3. The Balaban J connectivity index is 1.84. The predicted octanol–water partition coefficient (Wildman–Crippen LogP) is 8.23. The van der Waals surface area contributed by atoms with Crippen molar-refractivity contribution in [1.29, 1.82) is 0 Å². The van der Waals surface area contributed by atoms with E-state index in [1.54, 1.807) is 24.3 Å². The summed E-state index contributed by atoms with van der Waals surface area (Å²) in [6.45, 7) is 5.72. The molecule has 0 aliphatic rings. The van der Waals surface area contributed by atoms with Crippen LogP contribution in [-0.2, 0) is 12.8 Å². The molecule has 29 heavy (non-hydrogen) atoms. The quantitative estimate of drug-likeness (QED) is 0.269. The van der Waals surface area contributed by atoms with Crippen LogP contribution in [0.5, 0.6) is 0 Å². The Bertz CT molecular complexity index is 1040. The third-order valence-corrected chi connectivity index (χ3v) is 5.03. The highest BCUT2D eigenvalue weighted by molar-refractivity contribution is 5.90. The van der Waals surface area contributed by atoms with Crippen LogP contribution in [0.1, 0.15) is 42.0 Å². The number of fused-ring (bicyclic) bond motifs is 1. The van der Waals surface area contributed by atoms with Gasteiger partial charge in [-0.1, -0.05) is 72.8 Å². The molecule has 0 atom stereocenters. The predicted molar refractivity (Wildman–Crippen MR) is 121 cm³/mol. The molecule has 0 N–H and O–H groups in total. The number of hydrogen-bond acceptors (Lipinski definition) is 0. The second-order valence-electron chi connectivity index (χ2n) is 7.16. The minimum absolute atomic E-state index is 0.254. The molecule has 0 aromatic heterocycles. The van der Waals surface area contributed by atoms with E-state index in [4.69, 9.17) is 0 Å². The van der Waals surface area contributed by atoms with E-state index in [1.807, 2.05) is 43.3 Å². The zero-order valence-electron chi connectivity index (χ0n) is 16.8. The zero-order chi connectivity index (χ0) is 20.6. The molecule has 0 radical (unpaired) electrons. The highest BCUT2D eigenvalue weighted by Crippen LogP contribution is 2.31. The van der Waals surface area contributed by atoms with Crippen molar-refractivity contribution in [2.75, 3.05) is 0 Å². The van der Waals surface area contributed by atoms with Gasteiger partial charge in [0.1, 0.15) is 0 Å². The maximum absolute atomic E-state index is 14.8. The van der Waals surface area contributed by atoms with Crippen LogP contribution in [0.25, 0.3) is 22.4 Å². The van der Waals surface area contributed by atoms with Crippen LogP contribution in [0.3, 0.4) is 0 Å². The van der Waals surface area contributed by atoms with Crippen molar-refractivity contribution in [2.45, 2.75) is 32.6 Å². The fraction of sp³-hybridized carbons (Fsp3) is 0.185. The van der Waals surface area contributed by atoms with Crippen LogP contribution >= 0.6 is 0 Å². The largest absolute Gasteiger partial charge is 0.203 e. The molecule has 0 aliphatic heterocycles. The SMILES string of the molecule is C=CCCc1ccc(C(F)=C(F)c2ccc3cc(CC/C=C/C)ccc3c2)cc1. The summed E-state index contributed by atoms with van der Waals surface area (Å²) in [4.78, 5) is 0. The Morgan fingerprint density at radius 2 is 1.34 bits per heavy atom. The monoisotopic (exact) mass is 388 g/mol. The Kier molecular flexibility index (Phi) is 7.13. The third kappa shape index (κ3) is 5.29. The Morgan fingerprint density at radius 3 is 2.07 bits per heavy atom. The van der Waals surface area contributed by atoms with Gasteiger partial charge in [0.2, 0.25) is 0 Å². The van der Waals surface area contributed by atoms with Gasteiger partial charge in [-0.2, -0.15) is 0 Å². The smallest absolute Gasteiger partial charge is 0.166 e. The Labute approximate surface area is 171 Å². The lowest BCUT2D eigenvalue weighted by Gasteiger charge is -2.07. The second kappa shape index (κ2) is 9.97. The van der Waals surface area contributed by atoms with E-state index in [2.05, 4.69) is 24.8 Å². The molecule has 3 aromatic rings. The number of rotatable bonds is 8. The van der Waals surface area contributed by atoms with E-state index in [-0.39, 0.29) is 11.1 Å². The molecule has 3 rings (SSSR count). The van der Waals surface area contributed by atoms with Crippen LogP contribution in [0.2, 0.25) is 0 Å². The first kappa shape index (κ1) is 20.7. The Hall–Kier alpha value is -3.00. The van der Waals surface area contributed by atoms with Gasteiger partial charge in [0.25, 0.3) is 0 Å². The number of hydrogen-bond donors (Lipinski definition) is 0. The summed E-state index contributed by atoms with van der Waals surface area (Å²) >= 11 is 0. The Morgan fingerprint density at radius 1 is 0.759 bits per heavy atom. The normalized spacial score (nSPS) is 12.4. The first-order chi connectivity index (χ1) is 14.1. The van der Waals surface area contributed by atoms with Gasteiger partial charge in [-0.15, -0.1) is 6.58 Å². The number of allylic oxidation sites excluding steroid dienone is 3. The summed E-state index contributed by atoms with van der Waals surface area (Å²) in [5.41, 5.74) is 2.83. The molecule has 0 nitrogen and oxygen atoms in total. The van der Waals surface area contributed by atoms with Crippen molar-refractivity contribution in [3.05, 3.63) is 108 Å². The maximum atomic E-state index is 14.8. The lowest BCUT2D eigenvalue weighted by Crippen LogP contribution is -1.88. The van der Waals surface area contributed by atoms with Gasteiger partial charge in [-0.05, 0) is 60.6 Å². The minimum atomic E-state index is -0.831. The molecule has 2 heteroatoms. The van der Waals surface area contributed by atoms with Crippen molar-refractivity contribution in [3.63, 3.8) is 0 Å². The molecular weight excluding hydrogens is 362 g/mol. The van der Waals surface area contributed by atoms with Crippen LogP contribution in [0.4, 0.5) is 8.78 Å². The molecule has 148 valence electrons. The first-order valence-electron chi connectivity index (χ1n) is 10.0. The molecular formula is C27H26F2. The van der Waals surface area contributed by atoms with Gasteiger partial charge >= 0.3 is 0 Å². The highest BCUT2D eigenvalue weighted by atomic mass is 19.2. The second-order valence-corrected chi connectivity index (χ2v) is 7.16. The fourth-order valence-corrected chi connectivity index (χ4v) is 3.34. The minimum Gasteiger partial charge on any atom is -0.203 e. The van der Waals surface area contributed by atoms with Crippen LogP contribution < -0.4 is 0 Å². The van der Waals surface area contributed by atoms with E-state index < -0.39 is 11.7 Å². The van der Waals surface area contributed by atoms with E-state index in [1.165, 1.54) is 5.56 Å². The van der Waals surface area contributed by atoms with E-state index >= 15 is 0 Å². The summed E-state index contributed by atoms with van der Waals surface area (Å²) in [5, 5.41) is 1.94. The average Bonchev–Trinajstić information content (AvgIpc) is 2.77. The standard InChI is InChI=1S/C27H26F2/c1-3-5-7-9-21-12-15-24-19-25(17-16-23(24)18-21)27(29)26(28)22-13-10-20(11-14-22)8-6-4-2/h3-5,10-19H,2,6-9H2,1H3/b5-3+,27-26?. The van der Waals surface area contributed by atoms with E-state index in [9.17, 15) is 8.78 Å². The van der Waals surface area contributed by atoms with E-state index in [0.717, 1.165) is 42.0 Å². The topological polar surface area (TPSA) is 0 Å². The first-order valence-corrected chi connectivity index (χ1v) is 10.0. The summed E-state index contributed by atoms with van der Waals surface area (Å²) in [7, 11) is 0. The molecule has 0 saturated heterocycles. The molecule has 0 fully saturated rings. The molecule has 0 unspecified atom stereocenters. The van der Waals surface area contributed by atoms with Crippen molar-refractivity contribution < 1.29 is 8.78 Å². The van der Waals surface area contributed by atoms with Crippen LogP contribution in [-0.4, -0.2) is 0 Å². The molecule has 0 bridgehead atoms. The lowest BCUT2D eigenvalue weighted by atomic mass is 10.0. The van der Waals surface area contributed by atoms with Crippen molar-refractivity contribution in [1.82, 2.24) is 0 Å². The summed E-state index contributed by atoms with van der Waals surface area (Å²) in [6.07, 6.45) is 9.70. The van der Waals surface area contributed by atoms with Crippen molar-refractivity contribution in [3.8, 4) is 0 Å². The number of aryl methyl sites for hydroxylation is 2. The van der Waals surface area contributed by atoms with Gasteiger partial charge < -0.3 is 0 Å². The van der Waals surface area contributed by atoms with Crippen molar-refractivity contribution >= 4 is 22.4 Å². The van der Waals surface area contributed by atoms with Gasteiger partial charge in [-0.3, -0.25) is 0 Å². The summed E-state index contributed by atoms with van der Waals surface area (Å²) < 4.78 is 29.5. The van der Waals surface area contributed by atoms with Crippen LogP contribution in [0, 0.1) is 0 Å². The zero-order valence-corrected chi connectivity index (χ0v) is 16.8. The summed E-state index contributed by atoms with van der Waals surface area (Å²) in [5.74, 6) is -1.66. The lowest BCUT2D eigenvalue weighted by molar-refractivity contribution is 0.700. The molecule has 3 aromatic carbocycles. The molecule has 0 aliphatic carbocycles. The van der Waals surface area contributed by atoms with Gasteiger partial charge in [0, 0.05) is 11.1 Å². The van der Waals surface area contributed by atoms with Gasteiger partial charge in [0.15, 0.2) is 11.7 Å². The average molecular weight is 389 g/mol. The third-order valence-electron chi connectivity index (χ3n) is 5.03. The van der Waals surface area contributed by atoms with Gasteiger partial charge in [-0.25, -0.2) is 8.78 Å². The van der Waals surface area contributed by atoms with E-state index in [0.29, 0.717) is 0 Å². The summed E-state index contributed by atoms with van der Waals surface area (Å²) in [6, 6.07) is 18.3. The van der Waals surface area contributed by atoms with Crippen LogP contribution in [0.15, 0.2) is 85.5 Å². The van der Waals surface area contributed by atoms with Gasteiger partial charge in [0.05, 0.1) is 0 Å². The molecule has 0 spiro atoms. The fourth-order valence-electron chi connectivity index (χ4n) is 3.34. The van der Waals surface area contributed by atoms with Crippen molar-refractivity contribution in [2.24, 2.45) is 0 Å². The number of halogens is 2. The highest BCUT2D eigenvalue weighted by Gasteiger charge is 2.12. The maximum Gasteiger partial charge on any atom is 0.166 e.